The van der Waals surface area contributed by atoms with Gasteiger partial charge in [0.05, 0.1) is 0 Å². The number of nitrogens with two attached hydrogens (primary N) is 1. The lowest BCUT2D eigenvalue weighted by Crippen LogP contribution is -2.14. The van der Waals surface area contributed by atoms with Crippen LogP contribution in [0, 0.1) is 23.4 Å². The van der Waals surface area contributed by atoms with E-state index in [1.165, 1.54) is 0 Å². The fraction of sp³-hybridized carbons (Fsp3) is 0. The predicted molar refractivity (Wildman–Crippen MR) is 37.5 cm³/mol. The molecule has 0 atom stereocenters. The van der Waals surface area contributed by atoms with Crippen molar-refractivity contribution in [2.75, 3.05) is 0 Å². The Morgan fingerprint density at radius 2 is 1.89 bits per heavy atom. The van der Waals surface area contributed by atoms with Gasteiger partial charge in [-0.25, -0.2) is 4.79 Å². The third kappa shape index (κ3) is 1.39. The second-order valence-electron chi connectivity index (χ2n) is 1.16. The summed E-state index contributed by atoms with van der Waals surface area (Å²) >= 11 is 0. The first kappa shape index (κ1) is 7.90. The molecule has 0 saturated carbocycles. The Labute approximate surface area is 54.7 Å². The maximum Gasteiger partial charge on any atom is 0.381 e. The first-order valence-corrected chi connectivity index (χ1v) is 3.55. The molecule has 0 aromatic rings. The van der Waals surface area contributed by atoms with Crippen LogP contribution < -0.4 is 5.14 Å². The minimum atomic E-state index is -2.76. The van der Waals surface area contributed by atoms with Crippen LogP contribution in [0.4, 0.5) is 4.79 Å². The van der Waals surface area contributed by atoms with Crippen molar-refractivity contribution in [1.29, 1.82) is 0 Å². The van der Waals surface area contributed by atoms with E-state index >= 15 is 0 Å². The molecule has 0 fully saturated rings. The molecule has 0 rings (SSSR count). The lowest BCUT2D eigenvalue weighted by atomic mass is 11.4. The van der Waals surface area contributed by atoms with Crippen LogP contribution in [0.15, 0.2) is 0 Å². The van der Waals surface area contributed by atoms with Gasteiger partial charge in [0.2, 0.25) is 0 Å². The highest BCUT2D eigenvalue weighted by Crippen LogP contribution is 2.36. The number of rotatable bonds is 0. The third-order valence-corrected chi connectivity index (χ3v) is 1.94. The van der Waals surface area contributed by atoms with Gasteiger partial charge in [0.1, 0.15) is 0 Å². The molecule has 0 aliphatic rings. The van der Waals surface area contributed by atoms with E-state index in [2.05, 4.69) is 0 Å². The van der Waals surface area contributed by atoms with Gasteiger partial charge in [0.15, 0.2) is 0 Å². The number of terminal acetylenes is 2. The average molecular weight is 143 g/mol. The van der Waals surface area contributed by atoms with Crippen molar-refractivity contribution < 1.29 is 9.90 Å². The summed E-state index contributed by atoms with van der Waals surface area (Å²) in [6.07, 6.45) is 9.51. The van der Waals surface area contributed by atoms with Gasteiger partial charge in [-0.1, -0.05) is 0 Å². The van der Waals surface area contributed by atoms with Crippen LogP contribution in [0.25, 0.3) is 0 Å². The van der Waals surface area contributed by atoms with Crippen molar-refractivity contribution in [3.63, 3.8) is 0 Å². The second-order valence-corrected chi connectivity index (χ2v) is 3.30. The Morgan fingerprint density at radius 1 is 1.56 bits per heavy atom. The first-order valence-electron chi connectivity index (χ1n) is 1.85. The van der Waals surface area contributed by atoms with Crippen LogP contribution in [-0.2, 0) is 0 Å². The van der Waals surface area contributed by atoms with Gasteiger partial charge in [-0.15, -0.1) is 12.8 Å². The zero-order valence-corrected chi connectivity index (χ0v) is 5.31. The van der Waals surface area contributed by atoms with Crippen LogP contribution in [0.1, 0.15) is 0 Å². The number of carboxylic acid groups (broad SMARTS) is 1. The van der Waals surface area contributed by atoms with Crippen molar-refractivity contribution in [3.8, 4) is 23.4 Å². The fourth-order valence-electron chi connectivity index (χ4n) is 0.135. The molecule has 3 nitrogen and oxygen atoms in total. The van der Waals surface area contributed by atoms with Crippen LogP contribution >= 0.6 is 10.2 Å². The molecule has 0 aromatic carbocycles. The average Bonchev–Trinajstić information content (AvgIpc) is 1.86. The summed E-state index contributed by atoms with van der Waals surface area (Å²) in [5.74, 6) is 0. The highest BCUT2D eigenvalue weighted by molar-refractivity contribution is 8.50. The summed E-state index contributed by atoms with van der Waals surface area (Å²) in [6.45, 7) is 0. The monoisotopic (exact) mass is 143 g/mol. The standard InChI is InChI=1S/C5H5NO2S/c1-3-9(6,4-2)5(7)8/h1-2H,6H2,(H,7,8). The topological polar surface area (TPSA) is 63.3 Å². The van der Waals surface area contributed by atoms with Gasteiger partial charge in [-0.3, -0.25) is 5.14 Å². The molecular weight excluding hydrogens is 138 g/mol. The lowest BCUT2D eigenvalue weighted by Gasteiger charge is -2.13. The zero-order valence-electron chi connectivity index (χ0n) is 4.50. The van der Waals surface area contributed by atoms with Gasteiger partial charge < -0.3 is 5.11 Å². The van der Waals surface area contributed by atoms with Gasteiger partial charge in [-0.2, -0.15) is 0 Å². The van der Waals surface area contributed by atoms with E-state index in [1.807, 2.05) is 10.5 Å². The van der Waals surface area contributed by atoms with Crippen molar-refractivity contribution >= 4 is 15.5 Å². The van der Waals surface area contributed by atoms with E-state index in [-0.39, 0.29) is 0 Å². The number of hydrogen-bond acceptors (Lipinski definition) is 2. The summed E-state index contributed by atoms with van der Waals surface area (Å²) in [4.78, 5) is 10.1. The summed E-state index contributed by atoms with van der Waals surface area (Å²) in [5, 5.41) is 15.7. The Kier molecular flexibility index (Phi) is 2.15. The highest BCUT2D eigenvalue weighted by Gasteiger charge is 2.21. The molecule has 4 heteroatoms. The quantitative estimate of drug-likeness (QED) is 0.486. The van der Waals surface area contributed by atoms with Crippen molar-refractivity contribution in [2.24, 2.45) is 5.14 Å². The lowest BCUT2D eigenvalue weighted by molar-refractivity contribution is 0.221. The molecule has 0 aliphatic heterocycles. The van der Waals surface area contributed by atoms with Crippen molar-refractivity contribution in [2.45, 2.75) is 0 Å². The Balaban J connectivity index is 4.60. The van der Waals surface area contributed by atoms with Gasteiger partial charge in [0, 0.05) is 10.2 Å². The molecule has 0 heterocycles. The second kappa shape index (κ2) is 2.45. The summed E-state index contributed by atoms with van der Waals surface area (Å²) in [6, 6.07) is 0. The third-order valence-electron chi connectivity index (χ3n) is 0.647. The molecular formula is C5H5NO2S. The molecule has 0 aliphatic carbocycles. The Hall–Kier alpha value is -1.10. The van der Waals surface area contributed by atoms with Crippen LogP contribution in [-0.4, -0.2) is 10.4 Å². The molecule has 0 radical (unpaired) electrons. The van der Waals surface area contributed by atoms with E-state index in [9.17, 15) is 4.79 Å². The van der Waals surface area contributed by atoms with Crippen molar-refractivity contribution in [3.05, 3.63) is 0 Å². The van der Waals surface area contributed by atoms with E-state index in [4.69, 9.17) is 23.1 Å². The van der Waals surface area contributed by atoms with E-state index < -0.39 is 15.5 Å². The molecule has 0 saturated heterocycles. The SMILES string of the molecule is C#CS(N)(C#C)C(=O)O. The summed E-state index contributed by atoms with van der Waals surface area (Å²) in [7, 11) is -2.76. The van der Waals surface area contributed by atoms with Gasteiger partial charge in [-0.05, 0) is 10.5 Å². The van der Waals surface area contributed by atoms with Crippen LogP contribution in [0.2, 0.25) is 0 Å². The van der Waals surface area contributed by atoms with E-state index in [1.54, 1.807) is 0 Å². The molecule has 0 spiro atoms. The van der Waals surface area contributed by atoms with Crippen molar-refractivity contribution in [1.82, 2.24) is 0 Å². The molecule has 0 aromatic heterocycles. The predicted octanol–water partition coefficient (Wildman–Crippen LogP) is 0.524. The van der Waals surface area contributed by atoms with E-state index in [0.29, 0.717) is 0 Å². The molecule has 48 valence electrons. The Bertz CT molecular complexity index is 196. The minimum Gasteiger partial charge on any atom is -0.472 e. The van der Waals surface area contributed by atoms with Crippen LogP contribution in [0.3, 0.4) is 0 Å². The number of hydrogen-bond donors (Lipinski definition) is 2. The minimum absolute atomic E-state index is 1.30. The zero-order chi connectivity index (χ0) is 7.49. The highest BCUT2D eigenvalue weighted by atomic mass is 32.3. The Morgan fingerprint density at radius 3 is 1.89 bits per heavy atom. The largest absolute Gasteiger partial charge is 0.472 e. The fourth-order valence-corrected chi connectivity index (χ4v) is 0.405. The van der Waals surface area contributed by atoms with Gasteiger partial charge in [0.25, 0.3) is 0 Å². The number of carbonyl (C=O) groups is 1. The molecule has 9 heavy (non-hydrogen) atoms. The first-order chi connectivity index (χ1) is 4.06. The molecule has 0 amide bonds. The smallest absolute Gasteiger partial charge is 0.381 e. The maximum absolute atomic E-state index is 10.1. The molecule has 0 bridgehead atoms. The van der Waals surface area contributed by atoms with E-state index in [0.717, 1.165) is 0 Å². The normalized spacial score (nSPS) is 11.0. The molecule has 3 N–H and O–H groups in total. The summed E-state index contributed by atoms with van der Waals surface area (Å²) < 4.78 is 0. The van der Waals surface area contributed by atoms with Gasteiger partial charge >= 0.3 is 5.30 Å². The maximum atomic E-state index is 10.1. The summed E-state index contributed by atoms with van der Waals surface area (Å²) in [5.41, 5.74) is 0. The molecule has 0 unspecified atom stereocenters. The van der Waals surface area contributed by atoms with Crippen LogP contribution in [0.5, 0.6) is 0 Å².